The normalized spacial score (nSPS) is 17.1. The summed E-state index contributed by atoms with van der Waals surface area (Å²) >= 11 is 0. The Hall–Kier alpha value is -2.49. The molecule has 0 radical (unpaired) electrons. The molecule has 1 aliphatic rings. The second kappa shape index (κ2) is 5.01. The van der Waals surface area contributed by atoms with E-state index in [1.165, 1.54) is 12.1 Å². The zero-order chi connectivity index (χ0) is 16.0. The maximum Gasteiger partial charge on any atom is 0.416 e. The lowest BCUT2D eigenvalue weighted by Gasteiger charge is -2.15. The van der Waals surface area contributed by atoms with Crippen LogP contribution >= 0.6 is 0 Å². The molecular weight excluding hydrogens is 299 g/mol. The van der Waals surface area contributed by atoms with Crippen LogP contribution in [-0.2, 0) is 12.6 Å². The molecule has 1 atom stereocenters. The summed E-state index contributed by atoms with van der Waals surface area (Å²) in [5.74, 6) is 0. The second-order valence-corrected chi connectivity index (χ2v) is 5.85. The predicted molar refractivity (Wildman–Crippen MR) is 85.5 cm³/mol. The molecule has 1 aliphatic heterocycles. The van der Waals surface area contributed by atoms with E-state index in [4.69, 9.17) is 0 Å². The summed E-state index contributed by atoms with van der Waals surface area (Å²) in [6, 6.07) is 17.6. The van der Waals surface area contributed by atoms with E-state index in [2.05, 4.69) is 17.4 Å². The van der Waals surface area contributed by atoms with Crippen LogP contribution in [0.5, 0.6) is 0 Å². The maximum absolute atomic E-state index is 12.9. The molecule has 3 aromatic rings. The Balaban J connectivity index is 1.72. The molecule has 4 heteroatoms. The van der Waals surface area contributed by atoms with Crippen LogP contribution in [0.15, 0.2) is 60.7 Å². The molecule has 0 amide bonds. The molecule has 1 heterocycles. The average molecular weight is 313 g/mol. The van der Waals surface area contributed by atoms with Crippen molar-refractivity contribution in [2.75, 3.05) is 5.32 Å². The molecule has 0 spiro atoms. The standard InChI is InChI=1S/C19H14F3N/c20-19(21,22)15-6-3-5-13(10-15)17-11-14-9-8-12-4-1-2-7-16(12)18(14)23-17/h1-10,17,23H,11H2. The molecule has 0 aromatic heterocycles. The monoisotopic (exact) mass is 313 g/mol. The van der Waals surface area contributed by atoms with Crippen LogP contribution in [0.4, 0.5) is 18.9 Å². The Kier molecular flexibility index (Phi) is 3.08. The number of fused-ring (bicyclic) bond motifs is 3. The van der Waals surface area contributed by atoms with E-state index >= 15 is 0 Å². The van der Waals surface area contributed by atoms with Gasteiger partial charge in [0, 0.05) is 11.1 Å². The molecule has 1 nitrogen and oxygen atoms in total. The third-order valence-electron chi connectivity index (χ3n) is 4.37. The highest BCUT2D eigenvalue weighted by molar-refractivity contribution is 5.96. The van der Waals surface area contributed by atoms with Gasteiger partial charge >= 0.3 is 6.18 Å². The van der Waals surface area contributed by atoms with Crippen LogP contribution in [0.25, 0.3) is 10.8 Å². The fourth-order valence-corrected chi connectivity index (χ4v) is 3.24. The van der Waals surface area contributed by atoms with Crippen molar-refractivity contribution in [3.8, 4) is 0 Å². The molecule has 0 bridgehead atoms. The van der Waals surface area contributed by atoms with Crippen molar-refractivity contribution in [2.45, 2.75) is 18.6 Å². The van der Waals surface area contributed by atoms with Crippen LogP contribution in [0.3, 0.4) is 0 Å². The molecule has 1 N–H and O–H groups in total. The molecular formula is C19H14F3N. The molecule has 23 heavy (non-hydrogen) atoms. The first-order valence-electron chi connectivity index (χ1n) is 7.47. The van der Waals surface area contributed by atoms with Crippen molar-refractivity contribution in [1.82, 2.24) is 0 Å². The van der Waals surface area contributed by atoms with Gasteiger partial charge in [0.15, 0.2) is 0 Å². The number of hydrogen-bond acceptors (Lipinski definition) is 1. The van der Waals surface area contributed by atoms with Crippen LogP contribution in [-0.4, -0.2) is 0 Å². The van der Waals surface area contributed by atoms with Crippen molar-refractivity contribution in [3.05, 3.63) is 77.4 Å². The lowest BCUT2D eigenvalue weighted by atomic mass is 9.99. The van der Waals surface area contributed by atoms with E-state index < -0.39 is 11.7 Å². The summed E-state index contributed by atoms with van der Waals surface area (Å²) in [6.45, 7) is 0. The molecule has 116 valence electrons. The average Bonchev–Trinajstić information content (AvgIpc) is 2.99. The minimum Gasteiger partial charge on any atom is -0.377 e. The fraction of sp³-hybridized carbons (Fsp3) is 0.158. The van der Waals surface area contributed by atoms with E-state index in [1.54, 1.807) is 6.07 Å². The lowest BCUT2D eigenvalue weighted by Crippen LogP contribution is -2.09. The number of nitrogens with one attached hydrogen (secondary N) is 1. The molecule has 3 aromatic carbocycles. The van der Waals surface area contributed by atoms with Gasteiger partial charge in [-0.2, -0.15) is 13.2 Å². The van der Waals surface area contributed by atoms with Gasteiger partial charge < -0.3 is 5.32 Å². The Morgan fingerprint density at radius 3 is 2.57 bits per heavy atom. The maximum atomic E-state index is 12.9. The van der Waals surface area contributed by atoms with Crippen LogP contribution in [0.1, 0.15) is 22.7 Å². The van der Waals surface area contributed by atoms with Gasteiger partial charge in [-0.05, 0) is 35.1 Å². The minimum absolute atomic E-state index is 0.127. The largest absolute Gasteiger partial charge is 0.416 e. The SMILES string of the molecule is FC(F)(F)c1cccc(C2Cc3ccc4ccccc4c3N2)c1. The third kappa shape index (κ3) is 2.44. The molecule has 0 saturated heterocycles. The van der Waals surface area contributed by atoms with Gasteiger partial charge in [-0.1, -0.05) is 48.5 Å². The summed E-state index contributed by atoms with van der Waals surface area (Å²) < 4.78 is 38.7. The molecule has 4 rings (SSSR count). The van der Waals surface area contributed by atoms with Gasteiger partial charge in [0.1, 0.15) is 0 Å². The first-order chi connectivity index (χ1) is 11.0. The number of anilines is 1. The summed E-state index contributed by atoms with van der Waals surface area (Å²) in [7, 11) is 0. The van der Waals surface area contributed by atoms with Gasteiger partial charge in [0.05, 0.1) is 11.6 Å². The number of halogens is 3. The highest BCUT2D eigenvalue weighted by atomic mass is 19.4. The van der Waals surface area contributed by atoms with Crippen molar-refractivity contribution < 1.29 is 13.2 Å². The summed E-state index contributed by atoms with van der Waals surface area (Å²) in [5.41, 5.74) is 2.24. The van der Waals surface area contributed by atoms with E-state index in [1.807, 2.05) is 24.3 Å². The zero-order valence-electron chi connectivity index (χ0n) is 12.2. The number of rotatable bonds is 1. The van der Waals surface area contributed by atoms with Gasteiger partial charge in [0.2, 0.25) is 0 Å². The first-order valence-corrected chi connectivity index (χ1v) is 7.47. The zero-order valence-corrected chi connectivity index (χ0v) is 12.2. The second-order valence-electron chi connectivity index (χ2n) is 5.85. The summed E-state index contributed by atoms with van der Waals surface area (Å²) in [5, 5.41) is 5.64. The van der Waals surface area contributed by atoms with Crippen LogP contribution in [0, 0.1) is 0 Å². The molecule has 0 aliphatic carbocycles. The van der Waals surface area contributed by atoms with Crippen LogP contribution in [0.2, 0.25) is 0 Å². The van der Waals surface area contributed by atoms with Crippen molar-refractivity contribution in [2.24, 2.45) is 0 Å². The quantitative estimate of drug-likeness (QED) is 0.619. The van der Waals surface area contributed by atoms with Crippen molar-refractivity contribution >= 4 is 16.5 Å². The summed E-state index contributed by atoms with van der Waals surface area (Å²) in [6.07, 6.45) is -3.62. The number of benzene rings is 3. The Bertz CT molecular complexity index is 883. The van der Waals surface area contributed by atoms with Gasteiger partial charge in [-0.25, -0.2) is 0 Å². The fourth-order valence-electron chi connectivity index (χ4n) is 3.24. The van der Waals surface area contributed by atoms with Crippen molar-refractivity contribution in [1.29, 1.82) is 0 Å². The highest BCUT2D eigenvalue weighted by Crippen LogP contribution is 2.40. The smallest absolute Gasteiger partial charge is 0.377 e. The molecule has 0 fully saturated rings. The van der Waals surface area contributed by atoms with E-state index in [0.717, 1.165) is 28.1 Å². The van der Waals surface area contributed by atoms with E-state index in [0.29, 0.717) is 12.0 Å². The predicted octanol–water partition coefficient (Wildman–Crippen LogP) is 5.57. The van der Waals surface area contributed by atoms with Gasteiger partial charge in [0.25, 0.3) is 0 Å². The third-order valence-corrected chi connectivity index (χ3v) is 4.37. The highest BCUT2D eigenvalue weighted by Gasteiger charge is 2.32. The Labute approximate surface area is 131 Å². The van der Waals surface area contributed by atoms with Gasteiger partial charge in [-0.3, -0.25) is 0 Å². The lowest BCUT2D eigenvalue weighted by molar-refractivity contribution is -0.137. The van der Waals surface area contributed by atoms with Crippen LogP contribution < -0.4 is 5.32 Å². The topological polar surface area (TPSA) is 12.0 Å². The Morgan fingerprint density at radius 2 is 1.74 bits per heavy atom. The number of hydrogen-bond donors (Lipinski definition) is 1. The summed E-state index contributed by atoms with van der Waals surface area (Å²) in [4.78, 5) is 0. The van der Waals surface area contributed by atoms with Crippen molar-refractivity contribution in [3.63, 3.8) is 0 Å². The number of alkyl halides is 3. The Morgan fingerprint density at radius 1 is 0.913 bits per heavy atom. The van der Waals surface area contributed by atoms with Gasteiger partial charge in [-0.15, -0.1) is 0 Å². The first kappa shape index (κ1) is 14.1. The molecule has 0 saturated carbocycles. The van der Waals surface area contributed by atoms with E-state index in [9.17, 15) is 13.2 Å². The van der Waals surface area contributed by atoms with E-state index in [-0.39, 0.29) is 6.04 Å². The molecule has 1 unspecified atom stereocenters. The minimum atomic E-state index is -4.31.